The van der Waals surface area contributed by atoms with E-state index in [1.54, 1.807) is 0 Å². The Morgan fingerprint density at radius 2 is 1.79 bits per heavy atom. The minimum atomic E-state index is -0.395. The number of ether oxygens (including phenoxy) is 2. The van der Waals surface area contributed by atoms with Crippen molar-refractivity contribution in [3.8, 4) is 5.75 Å². The Hall–Kier alpha value is -2.66. The van der Waals surface area contributed by atoms with E-state index in [-0.39, 0.29) is 18.4 Å². The number of benzene rings is 2. The molecule has 0 spiro atoms. The van der Waals surface area contributed by atoms with E-state index < -0.39 is 5.41 Å². The van der Waals surface area contributed by atoms with Gasteiger partial charge in [0.05, 0.1) is 6.61 Å². The fourth-order valence-corrected chi connectivity index (χ4v) is 4.95. The van der Waals surface area contributed by atoms with E-state index in [1.165, 1.54) is 22.5 Å². The van der Waals surface area contributed by atoms with Gasteiger partial charge in [0.2, 0.25) is 0 Å². The van der Waals surface area contributed by atoms with Gasteiger partial charge in [0.1, 0.15) is 17.2 Å². The molecule has 0 bridgehead atoms. The zero-order valence-corrected chi connectivity index (χ0v) is 22.0. The number of thiophene rings is 1. The van der Waals surface area contributed by atoms with Crippen LogP contribution in [0.4, 0.5) is 0 Å². The number of rotatable bonds is 10. The predicted octanol–water partition coefficient (Wildman–Crippen LogP) is 7.51. The molecule has 0 aliphatic heterocycles. The van der Waals surface area contributed by atoms with E-state index in [0.29, 0.717) is 17.4 Å². The predicted molar refractivity (Wildman–Crippen MR) is 140 cm³/mol. The van der Waals surface area contributed by atoms with Gasteiger partial charge in [0.15, 0.2) is 5.78 Å². The first-order valence-electron chi connectivity index (χ1n) is 12.1. The SMILES string of the molecule is CCOC(=O)c1cc2ccc(CCC(CC)c3ccc(OCC(=O)C(C)(C)C)c(C)c3)cc2s1. The standard InChI is InChI=1S/C29H36O4S/c1-7-21(22-13-14-24(19(3)15-22)33-18-27(30)29(4,5)6)11-9-20-10-12-23-17-26(28(31)32-8-2)34-25(23)16-20/h10,12-17,21H,7-9,11,18H2,1-6H3. The van der Waals surface area contributed by atoms with Crippen LogP contribution in [0.15, 0.2) is 42.5 Å². The van der Waals surface area contributed by atoms with Crippen LogP contribution in [0.5, 0.6) is 5.75 Å². The van der Waals surface area contributed by atoms with Gasteiger partial charge in [-0.25, -0.2) is 4.79 Å². The Kier molecular flexibility index (Phi) is 8.53. The summed E-state index contributed by atoms with van der Waals surface area (Å²) < 4.78 is 12.1. The third kappa shape index (κ3) is 6.47. The van der Waals surface area contributed by atoms with Crippen molar-refractivity contribution in [1.29, 1.82) is 0 Å². The van der Waals surface area contributed by atoms with Crippen LogP contribution in [0.3, 0.4) is 0 Å². The Bertz CT molecular complexity index is 1150. The zero-order valence-electron chi connectivity index (χ0n) is 21.2. The van der Waals surface area contributed by atoms with Crippen molar-refractivity contribution in [1.82, 2.24) is 0 Å². The summed E-state index contributed by atoms with van der Waals surface area (Å²) in [5, 5.41) is 1.08. The molecule has 0 N–H and O–H groups in total. The third-order valence-corrected chi connectivity index (χ3v) is 7.28. The number of hydrogen-bond acceptors (Lipinski definition) is 5. The third-order valence-electron chi connectivity index (χ3n) is 6.20. The highest BCUT2D eigenvalue weighted by molar-refractivity contribution is 7.20. The molecule has 1 unspecified atom stereocenters. The molecule has 0 amide bonds. The van der Waals surface area contributed by atoms with Gasteiger partial charge in [-0.05, 0) is 79.3 Å². The second-order valence-corrected chi connectivity index (χ2v) is 10.9. The Morgan fingerprint density at radius 1 is 1.03 bits per heavy atom. The average Bonchev–Trinajstić information content (AvgIpc) is 3.22. The maximum Gasteiger partial charge on any atom is 0.348 e. The van der Waals surface area contributed by atoms with Crippen LogP contribution < -0.4 is 4.74 Å². The smallest absolute Gasteiger partial charge is 0.348 e. The number of Topliss-reactive ketones (excluding diaryl/α,β-unsaturated/α-hetero) is 1. The lowest BCUT2D eigenvalue weighted by Gasteiger charge is -2.19. The average molecular weight is 481 g/mol. The number of fused-ring (bicyclic) bond motifs is 1. The topological polar surface area (TPSA) is 52.6 Å². The van der Waals surface area contributed by atoms with E-state index in [2.05, 4.69) is 37.3 Å². The van der Waals surface area contributed by atoms with Gasteiger partial charge in [-0.3, -0.25) is 4.79 Å². The molecular formula is C29H36O4S. The molecule has 1 aromatic heterocycles. The number of carbonyl (C=O) groups excluding carboxylic acids is 2. The molecule has 0 saturated carbocycles. The lowest BCUT2D eigenvalue weighted by Crippen LogP contribution is -2.26. The molecule has 1 atom stereocenters. The van der Waals surface area contributed by atoms with Gasteiger partial charge in [-0.15, -0.1) is 11.3 Å². The van der Waals surface area contributed by atoms with Crippen molar-refractivity contribution in [3.05, 3.63) is 64.0 Å². The molecule has 3 aromatic rings. The van der Waals surface area contributed by atoms with Crippen LogP contribution >= 0.6 is 11.3 Å². The second kappa shape index (κ2) is 11.2. The molecule has 182 valence electrons. The second-order valence-electron chi connectivity index (χ2n) is 9.83. The molecule has 0 aliphatic carbocycles. The lowest BCUT2D eigenvalue weighted by molar-refractivity contribution is -0.128. The highest BCUT2D eigenvalue weighted by Crippen LogP contribution is 2.31. The monoisotopic (exact) mass is 480 g/mol. The Morgan fingerprint density at radius 3 is 2.44 bits per heavy atom. The number of hydrogen-bond donors (Lipinski definition) is 0. The Balaban J connectivity index is 1.65. The number of ketones is 1. The summed E-state index contributed by atoms with van der Waals surface area (Å²) in [5.74, 6) is 1.07. The van der Waals surface area contributed by atoms with Gasteiger partial charge in [0, 0.05) is 10.1 Å². The minimum absolute atomic E-state index is 0.0968. The van der Waals surface area contributed by atoms with Gasteiger partial charge >= 0.3 is 5.97 Å². The summed E-state index contributed by atoms with van der Waals surface area (Å²) in [6, 6.07) is 14.7. The van der Waals surface area contributed by atoms with Crippen molar-refractivity contribution < 1.29 is 19.1 Å². The van der Waals surface area contributed by atoms with Crippen molar-refractivity contribution in [2.24, 2.45) is 5.41 Å². The van der Waals surface area contributed by atoms with E-state index in [9.17, 15) is 9.59 Å². The van der Waals surface area contributed by atoms with E-state index in [4.69, 9.17) is 9.47 Å². The Labute approximate surface area is 207 Å². The van der Waals surface area contributed by atoms with Gasteiger partial charge < -0.3 is 9.47 Å². The van der Waals surface area contributed by atoms with E-state index in [0.717, 1.165) is 40.7 Å². The highest BCUT2D eigenvalue weighted by Gasteiger charge is 2.22. The first-order valence-corrected chi connectivity index (χ1v) is 12.9. The zero-order chi connectivity index (χ0) is 24.9. The van der Waals surface area contributed by atoms with Crippen LogP contribution in [-0.2, 0) is 16.0 Å². The number of aryl methyl sites for hydroxylation is 2. The van der Waals surface area contributed by atoms with Crippen LogP contribution in [0.25, 0.3) is 10.1 Å². The molecule has 3 rings (SSSR count). The maximum absolute atomic E-state index is 12.2. The minimum Gasteiger partial charge on any atom is -0.486 e. The first-order chi connectivity index (χ1) is 16.1. The fourth-order valence-electron chi connectivity index (χ4n) is 3.93. The summed E-state index contributed by atoms with van der Waals surface area (Å²) >= 11 is 1.49. The van der Waals surface area contributed by atoms with Crippen molar-refractivity contribution in [2.75, 3.05) is 13.2 Å². The van der Waals surface area contributed by atoms with Gasteiger partial charge in [-0.1, -0.05) is 52.0 Å². The highest BCUT2D eigenvalue weighted by atomic mass is 32.1. The fraction of sp³-hybridized carbons (Fsp3) is 0.448. The summed E-state index contributed by atoms with van der Waals surface area (Å²) in [4.78, 5) is 24.9. The van der Waals surface area contributed by atoms with Crippen LogP contribution in [0, 0.1) is 12.3 Å². The number of carbonyl (C=O) groups is 2. The summed E-state index contributed by atoms with van der Waals surface area (Å²) in [6.45, 7) is 12.3. The van der Waals surface area contributed by atoms with Crippen molar-refractivity contribution in [2.45, 2.75) is 66.7 Å². The van der Waals surface area contributed by atoms with Gasteiger partial charge in [-0.2, -0.15) is 0 Å². The van der Waals surface area contributed by atoms with Crippen LogP contribution in [-0.4, -0.2) is 25.0 Å². The molecule has 0 saturated heterocycles. The van der Waals surface area contributed by atoms with Crippen LogP contribution in [0.1, 0.15) is 79.7 Å². The van der Waals surface area contributed by atoms with E-state index in [1.807, 2.05) is 46.8 Å². The maximum atomic E-state index is 12.2. The van der Waals surface area contributed by atoms with Crippen LogP contribution in [0.2, 0.25) is 0 Å². The van der Waals surface area contributed by atoms with Gasteiger partial charge in [0.25, 0.3) is 0 Å². The molecule has 4 nitrogen and oxygen atoms in total. The normalized spacial score (nSPS) is 12.5. The molecule has 0 aliphatic rings. The van der Waals surface area contributed by atoms with E-state index >= 15 is 0 Å². The summed E-state index contributed by atoms with van der Waals surface area (Å²) in [5.41, 5.74) is 3.24. The molecule has 5 heteroatoms. The molecule has 2 aromatic carbocycles. The number of esters is 1. The first kappa shape index (κ1) is 26.0. The molecular weight excluding hydrogens is 444 g/mol. The summed E-state index contributed by atoms with van der Waals surface area (Å²) in [7, 11) is 0. The quantitative estimate of drug-likeness (QED) is 0.282. The largest absolute Gasteiger partial charge is 0.486 e. The summed E-state index contributed by atoms with van der Waals surface area (Å²) in [6.07, 6.45) is 3.06. The molecule has 1 heterocycles. The molecule has 0 radical (unpaired) electrons. The van der Waals surface area contributed by atoms with Crippen molar-refractivity contribution >= 4 is 33.2 Å². The lowest BCUT2D eigenvalue weighted by atomic mass is 9.89. The van der Waals surface area contributed by atoms with Crippen molar-refractivity contribution in [3.63, 3.8) is 0 Å². The molecule has 0 fully saturated rings. The molecule has 34 heavy (non-hydrogen) atoms.